The average molecular weight is 354 g/mol. The van der Waals surface area contributed by atoms with Crippen LogP contribution in [0.2, 0.25) is 0 Å². The van der Waals surface area contributed by atoms with Gasteiger partial charge in [-0.05, 0) is 57.8 Å². The van der Waals surface area contributed by atoms with Gasteiger partial charge in [0, 0.05) is 39.5 Å². The Hall–Kier alpha value is -0.810. The summed E-state index contributed by atoms with van der Waals surface area (Å²) in [4.78, 5) is 4.81. The molecule has 2 aliphatic rings. The molecule has 2 saturated carbocycles. The molecule has 0 radical (unpaired) electrons. The number of hydrogen-bond donors (Lipinski definition) is 2. The molecule has 0 heterocycles. The Balaban J connectivity index is 1.60. The highest BCUT2D eigenvalue weighted by molar-refractivity contribution is 5.79. The standard InChI is InChI=1S/C20H39N3O2/c1-3-21-19(23-17-20(11-12-20)13-16-24-4-2)22-14-8-15-25-18-9-6-5-7-10-18/h18H,3-17H2,1-2H3,(H2,21,22,23). The molecule has 0 aromatic heterocycles. The maximum absolute atomic E-state index is 5.99. The van der Waals surface area contributed by atoms with Crippen molar-refractivity contribution in [3.8, 4) is 0 Å². The van der Waals surface area contributed by atoms with Crippen LogP contribution in [0.25, 0.3) is 0 Å². The minimum atomic E-state index is 0.404. The number of aliphatic imine (C=N–C) groups is 1. The maximum atomic E-state index is 5.99. The van der Waals surface area contributed by atoms with Crippen LogP contribution in [0, 0.1) is 5.41 Å². The molecule has 0 bridgehead atoms. The van der Waals surface area contributed by atoms with E-state index in [1.54, 1.807) is 0 Å². The molecular formula is C20H39N3O2. The van der Waals surface area contributed by atoms with Gasteiger partial charge in [0.25, 0.3) is 0 Å². The predicted octanol–water partition coefficient (Wildman–Crippen LogP) is 3.49. The lowest BCUT2D eigenvalue weighted by molar-refractivity contribution is 0.0277. The van der Waals surface area contributed by atoms with Crippen LogP contribution < -0.4 is 10.6 Å². The molecule has 5 heteroatoms. The number of guanidine groups is 1. The quantitative estimate of drug-likeness (QED) is 0.320. The van der Waals surface area contributed by atoms with Gasteiger partial charge in [0.05, 0.1) is 6.10 Å². The first-order valence-corrected chi connectivity index (χ1v) is 10.5. The minimum Gasteiger partial charge on any atom is -0.382 e. The number of nitrogens with one attached hydrogen (secondary N) is 2. The number of hydrogen-bond acceptors (Lipinski definition) is 3. The molecular weight excluding hydrogens is 314 g/mol. The first kappa shape index (κ1) is 20.5. The molecule has 0 atom stereocenters. The first-order valence-electron chi connectivity index (χ1n) is 10.5. The fraction of sp³-hybridized carbons (Fsp3) is 0.950. The fourth-order valence-corrected chi connectivity index (χ4v) is 3.45. The van der Waals surface area contributed by atoms with Crippen molar-refractivity contribution in [3.63, 3.8) is 0 Å². The lowest BCUT2D eigenvalue weighted by Crippen LogP contribution is -2.38. The lowest BCUT2D eigenvalue weighted by Gasteiger charge is -2.22. The minimum absolute atomic E-state index is 0.404. The molecule has 0 aromatic carbocycles. The number of ether oxygens (including phenoxy) is 2. The molecule has 2 fully saturated rings. The van der Waals surface area contributed by atoms with Crippen LogP contribution >= 0.6 is 0 Å². The van der Waals surface area contributed by atoms with Gasteiger partial charge in [-0.25, -0.2) is 0 Å². The molecule has 0 aliphatic heterocycles. The highest BCUT2D eigenvalue weighted by Crippen LogP contribution is 2.48. The van der Waals surface area contributed by atoms with Crippen molar-refractivity contribution in [2.75, 3.05) is 39.5 Å². The molecule has 146 valence electrons. The van der Waals surface area contributed by atoms with E-state index in [1.165, 1.54) is 44.9 Å². The molecule has 5 nitrogen and oxygen atoms in total. The van der Waals surface area contributed by atoms with Crippen molar-refractivity contribution in [2.45, 2.75) is 77.7 Å². The average Bonchev–Trinajstić information content (AvgIpc) is 3.40. The van der Waals surface area contributed by atoms with E-state index < -0.39 is 0 Å². The van der Waals surface area contributed by atoms with E-state index in [9.17, 15) is 0 Å². The molecule has 0 amide bonds. The summed E-state index contributed by atoms with van der Waals surface area (Å²) >= 11 is 0. The lowest BCUT2D eigenvalue weighted by atomic mass is 9.98. The summed E-state index contributed by atoms with van der Waals surface area (Å²) in [5.41, 5.74) is 0.404. The van der Waals surface area contributed by atoms with Crippen molar-refractivity contribution in [1.29, 1.82) is 0 Å². The SMILES string of the molecule is CCNC(=NCC1(CCOCC)CC1)NCCCOC1CCCCC1. The molecule has 0 unspecified atom stereocenters. The Labute approximate surface area is 154 Å². The van der Waals surface area contributed by atoms with E-state index in [0.29, 0.717) is 11.5 Å². The molecule has 0 aromatic rings. The zero-order valence-corrected chi connectivity index (χ0v) is 16.4. The highest BCUT2D eigenvalue weighted by Gasteiger charge is 2.41. The van der Waals surface area contributed by atoms with Gasteiger partial charge in [-0.2, -0.15) is 0 Å². The van der Waals surface area contributed by atoms with E-state index in [1.807, 2.05) is 0 Å². The smallest absolute Gasteiger partial charge is 0.191 e. The van der Waals surface area contributed by atoms with Crippen LogP contribution in [-0.4, -0.2) is 51.5 Å². The Kier molecular flexibility index (Phi) is 9.63. The molecule has 0 saturated heterocycles. The molecule has 25 heavy (non-hydrogen) atoms. The third-order valence-electron chi connectivity index (χ3n) is 5.37. The topological polar surface area (TPSA) is 54.9 Å². The van der Waals surface area contributed by atoms with Crippen molar-refractivity contribution >= 4 is 5.96 Å². The summed E-state index contributed by atoms with van der Waals surface area (Å²) in [6, 6.07) is 0. The molecule has 2 N–H and O–H groups in total. The van der Waals surface area contributed by atoms with E-state index in [4.69, 9.17) is 14.5 Å². The van der Waals surface area contributed by atoms with Crippen LogP contribution in [-0.2, 0) is 9.47 Å². The highest BCUT2D eigenvalue weighted by atomic mass is 16.5. The fourth-order valence-electron chi connectivity index (χ4n) is 3.45. The van der Waals surface area contributed by atoms with E-state index in [-0.39, 0.29) is 0 Å². The molecule has 0 spiro atoms. The first-order chi connectivity index (χ1) is 12.3. The summed E-state index contributed by atoms with van der Waals surface area (Å²) in [6.07, 6.45) is 11.8. The monoisotopic (exact) mass is 353 g/mol. The van der Waals surface area contributed by atoms with Crippen LogP contribution in [0.15, 0.2) is 4.99 Å². The zero-order valence-electron chi connectivity index (χ0n) is 16.4. The Bertz CT molecular complexity index is 377. The molecule has 2 aliphatic carbocycles. The second-order valence-corrected chi connectivity index (χ2v) is 7.55. The van der Waals surface area contributed by atoms with E-state index in [0.717, 1.165) is 58.3 Å². The van der Waals surface area contributed by atoms with Gasteiger partial charge >= 0.3 is 0 Å². The third-order valence-corrected chi connectivity index (χ3v) is 5.37. The summed E-state index contributed by atoms with van der Waals surface area (Å²) < 4.78 is 11.5. The number of nitrogens with zero attached hydrogens (tertiary/aromatic N) is 1. The summed E-state index contributed by atoms with van der Waals surface area (Å²) in [5, 5.41) is 6.81. The maximum Gasteiger partial charge on any atom is 0.191 e. The molecule has 2 rings (SSSR count). The van der Waals surface area contributed by atoms with Gasteiger partial charge in [-0.3, -0.25) is 4.99 Å². The third kappa shape index (κ3) is 8.41. The van der Waals surface area contributed by atoms with Gasteiger partial charge in [0.1, 0.15) is 0 Å². The van der Waals surface area contributed by atoms with Crippen molar-refractivity contribution < 1.29 is 9.47 Å². The van der Waals surface area contributed by atoms with Crippen molar-refractivity contribution in [2.24, 2.45) is 10.4 Å². The summed E-state index contributed by atoms with van der Waals surface area (Å²) in [5.74, 6) is 0.947. The largest absolute Gasteiger partial charge is 0.382 e. The van der Waals surface area contributed by atoms with Gasteiger partial charge < -0.3 is 20.1 Å². The van der Waals surface area contributed by atoms with Crippen LogP contribution in [0.4, 0.5) is 0 Å². The van der Waals surface area contributed by atoms with Gasteiger partial charge in [-0.15, -0.1) is 0 Å². The summed E-state index contributed by atoms with van der Waals surface area (Å²) in [6.45, 7) is 9.44. The van der Waals surface area contributed by atoms with Gasteiger partial charge in [0.15, 0.2) is 5.96 Å². The van der Waals surface area contributed by atoms with Crippen molar-refractivity contribution in [1.82, 2.24) is 10.6 Å². The Morgan fingerprint density at radius 2 is 1.88 bits per heavy atom. The normalized spacial score (nSPS) is 20.5. The van der Waals surface area contributed by atoms with Crippen molar-refractivity contribution in [3.05, 3.63) is 0 Å². The van der Waals surface area contributed by atoms with E-state index >= 15 is 0 Å². The van der Waals surface area contributed by atoms with Crippen LogP contribution in [0.3, 0.4) is 0 Å². The number of rotatable bonds is 12. The Morgan fingerprint density at radius 3 is 2.56 bits per heavy atom. The second-order valence-electron chi connectivity index (χ2n) is 7.55. The van der Waals surface area contributed by atoms with E-state index in [2.05, 4.69) is 24.5 Å². The van der Waals surface area contributed by atoms with Crippen LogP contribution in [0.5, 0.6) is 0 Å². The predicted molar refractivity (Wildman–Crippen MR) is 104 cm³/mol. The van der Waals surface area contributed by atoms with Crippen LogP contribution in [0.1, 0.15) is 71.6 Å². The second kappa shape index (κ2) is 11.7. The Morgan fingerprint density at radius 1 is 1.08 bits per heavy atom. The van der Waals surface area contributed by atoms with Gasteiger partial charge in [-0.1, -0.05) is 19.3 Å². The van der Waals surface area contributed by atoms with Gasteiger partial charge in [0.2, 0.25) is 0 Å². The zero-order chi connectivity index (χ0) is 17.8. The summed E-state index contributed by atoms with van der Waals surface area (Å²) in [7, 11) is 0.